The van der Waals surface area contributed by atoms with Crippen molar-refractivity contribution in [1.82, 2.24) is 10.6 Å². The average Bonchev–Trinajstić information content (AvgIpc) is 2.87. The number of carbonyl (C=O) groups excluding carboxylic acids is 1. The zero-order chi connectivity index (χ0) is 12.3. The van der Waals surface area contributed by atoms with Crippen LogP contribution in [-0.2, 0) is 11.2 Å². The van der Waals surface area contributed by atoms with E-state index in [0.29, 0.717) is 6.54 Å². The zero-order valence-electron chi connectivity index (χ0n) is 9.62. The van der Waals surface area contributed by atoms with Gasteiger partial charge in [0.1, 0.15) is 0 Å². The predicted molar refractivity (Wildman–Crippen MR) is 69.6 cm³/mol. The average molecular weight is 297 g/mol. The summed E-state index contributed by atoms with van der Waals surface area (Å²) in [6.45, 7) is 0.0783. The van der Waals surface area contributed by atoms with E-state index in [1.165, 1.54) is 0 Å². The summed E-state index contributed by atoms with van der Waals surface area (Å²) in [6.07, 6.45) is 0.329. The smallest absolute Gasteiger partial charge is 0.262 e. The fourth-order valence-electron chi connectivity index (χ4n) is 1.79. The quantitative estimate of drug-likeness (QED) is 0.890. The molecule has 0 bridgehead atoms. The van der Waals surface area contributed by atoms with Crippen molar-refractivity contribution in [2.24, 2.45) is 0 Å². The second kappa shape index (κ2) is 6.45. The van der Waals surface area contributed by atoms with Crippen LogP contribution in [0.15, 0.2) is 16.8 Å². The van der Waals surface area contributed by atoms with Crippen molar-refractivity contribution in [2.75, 3.05) is 13.1 Å². The first-order valence-electron chi connectivity index (χ1n) is 5.47. The second-order valence-corrected chi connectivity index (χ2v) is 4.95. The Morgan fingerprint density at radius 2 is 2.39 bits per heavy atom. The van der Waals surface area contributed by atoms with E-state index < -0.39 is 24.9 Å². The first kappa shape index (κ1) is 15.3. The molecule has 7 heteroatoms. The van der Waals surface area contributed by atoms with Crippen LogP contribution in [0.2, 0.25) is 0 Å². The van der Waals surface area contributed by atoms with Gasteiger partial charge < -0.3 is 5.32 Å². The lowest BCUT2D eigenvalue weighted by atomic mass is 10.2. The molecule has 2 heterocycles. The molecule has 1 saturated heterocycles. The van der Waals surface area contributed by atoms with Crippen LogP contribution >= 0.6 is 23.7 Å². The van der Waals surface area contributed by atoms with Crippen LogP contribution in [0, 0.1) is 0 Å². The van der Waals surface area contributed by atoms with Crippen molar-refractivity contribution in [3.8, 4) is 0 Å². The highest BCUT2D eigenvalue weighted by molar-refractivity contribution is 7.07. The Hall–Kier alpha value is -0.720. The highest BCUT2D eigenvalue weighted by Crippen LogP contribution is 2.24. The van der Waals surface area contributed by atoms with E-state index in [4.69, 9.17) is 0 Å². The molecule has 1 fully saturated rings. The van der Waals surface area contributed by atoms with Gasteiger partial charge >= 0.3 is 0 Å². The van der Waals surface area contributed by atoms with Gasteiger partial charge in [-0.2, -0.15) is 11.3 Å². The Labute approximate surface area is 114 Å². The third-order valence-electron chi connectivity index (χ3n) is 2.72. The van der Waals surface area contributed by atoms with Crippen LogP contribution in [0.5, 0.6) is 0 Å². The summed E-state index contributed by atoms with van der Waals surface area (Å²) in [4.78, 5) is 11.6. The van der Waals surface area contributed by atoms with Gasteiger partial charge in [0, 0.05) is 13.0 Å². The third-order valence-corrected chi connectivity index (χ3v) is 3.45. The minimum atomic E-state index is -2.75. The molecule has 0 spiro atoms. The fourth-order valence-corrected chi connectivity index (χ4v) is 2.49. The summed E-state index contributed by atoms with van der Waals surface area (Å²) >= 11 is 1.60. The number of nitrogens with one attached hydrogen (secondary N) is 2. The molecule has 1 aliphatic heterocycles. The standard InChI is InChI=1S/C11H14F2N2OS.ClH/c12-11(13)5-9(15-7-11)10(16)14-3-1-8-2-4-17-6-8;/h2,4,6,9,15H,1,3,5,7H2,(H,14,16);1H. The Balaban J connectivity index is 0.00000162. The molecule has 2 rings (SSSR count). The maximum atomic E-state index is 12.9. The second-order valence-electron chi connectivity index (χ2n) is 4.17. The van der Waals surface area contributed by atoms with Crippen molar-refractivity contribution >= 4 is 29.7 Å². The molecule has 18 heavy (non-hydrogen) atoms. The summed E-state index contributed by atoms with van der Waals surface area (Å²) in [5.74, 6) is -3.09. The molecule has 1 amide bonds. The number of hydrogen-bond acceptors (Lipinski definition) is 3. The van der Waals surface area contributed by atoms with E-state index in [0.717, 1.165) is 12.0 Å². The molecule has 2 N–H and O–H groups in total. The topological polar surface area (TPSA) is 41.1 Å². The zero-order valence-corrected chi connectivity index (χ0v) is 11.3. The highest BCUT2D eigenvalue weighted by atomic mass is 35.5. The maximum absolute atomic E-state index is 12.9. The summed E-state index contributed by atoms with van der Waals surface area (Å²) < 4.78 is 25.7. The van der Waals surface area contributed by atoms with E-state index in [1.807, 2.05) is 16.8 Å². The molecular weight excluding hydrogens is 282 g/mol. The Morgan fingerprint density at radius 1 is 1.61 bits per heavy atom. The van der Waals surface area contributed by atoms with Gasteiger partial charge in [-0.05, 0) is 28.8 Å². The highest BCUT2D eigenvalue weighted by Gasteiger charge is 2.42. The first-order chi connectivity index (χ1) is 8.07. The number of thiophene rings is 1. The van der Waals surface area contributed by atoms with Crippen molar-refractivity contribution in [3.05, 3.63) is 22.4 Å². The fraction of sp³-hybridized carbons (Fsp3) is 0.545. The van der Waals surface area contributed by atoms with E-state index in [-0.39, 0.29) is 18.3 Å². The van der Waals surface area contributed by atoms with E-state index >= 15 is 0 Å². The minimum absolute atomic E-state index is 0. The molecule has 1 aliphatic rings. The molecular formula is C11H15ClF2N2OS. The SMILES string of the molecule is Cl.O=C(NCCc1ccsc1)C1CC(F)(F)CN1. The van der Waals surface area contributed by atoms with Gasteiger partial charge in [0.05, 0.1) is 12.6 Å². The number of alkyl halides is 2. The first-order valence-corrected chi connectivity index (χ1v) is 6.41. The molecule has 0 aromatic carbocycles. The summed E-state index contributed by atoms with van der Waals surface area (Å²) in [5, 5.41) is 9.18. The summed E-state index contributed by atoms with van der Waals surface area (Å²) in [6, 6.07) is 1.23. The Kier molecular flexibility index (Phi) is 5.49. The van der Waals surface area contributed by atoms with E-state index in [9.17, 15) is 13.6 Å². The number of rotatable bonds is 4. The molecule has 102 valence electrons. The van der Waals surface area contributed by atoms with Crippen molar-refractivity contribution in [2.45, 2.75) is 24.8 Å². The monoisotopic (exact) mass is 296 g/mol. The largest absolute Gasteiger partial charge is 0.354 e. The molecule has 1 unspecified atom stereocenters. The van der Waals surface area contributed by atoms with Crippen LogP contribution in [0.3, 0.4) is 0 Å². The van der Waals surface area contributed by atoms with Crippen molar-refractivity contribution in [1.29, 1.82) is 0 Å². The summed E-state index contributed by atoms with van der Waals surface area (Å²) in [7, 11) is 0. The van der Waals surface area contributed by atoms with E-state index in [2.05, 4.69) is 10.6 Å². The molecule has 1 aromatic rings. The molecule has 0 aliphatic carbocycles. The van der Waals surface area contributed by atoms with Gasteiger partial charge in [0.2, 0.25) is 5.91 Å². The molecule has 1 atom stereocenters. The normalized spacial score (nSPS) is 21.3. The number of hydrogen-bond donors (Lipinski definition) is 2. The van der Waals surface area contributed by atoms with Gasteiger partial charge in [-0.3, -0.25) is 10.1 Å². The lowest BCUT2D eigenvalue weighted by Gasteiger charge is -2.10. The number of halogens is 3. The lowest BCUT2D eigenvalue weighted by molar-refractivity contribution is -0.123. The predicted octanol–water partition coefficient (Wildman–Crippen LogP) is 1.83. The van der Waals surface area contributed by atoms with Crippen LogP contribution in [-0.4, -0.2) is 31.0 Å². The molecule has 0 radical (unpaired) electrons. The van der Waals surface area contributed by atoms with Gasteiger partial charge in [-0.15, -0.1) is 12.4 Å². The maximum Gasteiger partial charge on any atom is 0.262 e. The third kappa shape index (κ3) is 4.19. The van der Waals surface area contributed by atoms with Gasteiger partial charge in [0.15, 0.2) is 0 Å². The van der Waals surface area contributed by atoms with Gasteiger partial charge in [0.25, 0.3) is 5.92 Å². The van der Waals surface area contributed by atoms with E-state index in [1.54, 1.807) is 11.3 Å². The van der Waals surface area contributed by atoms with Crippen LogP contribution in [0.1, 0.15) is 12.0 Å². The molecule has 0 saturated carbocycles. The molecule has 1 aromatic heterocycles. The lowest BCUT2D eigenvalue weighted by Crippen LogP contribution is -2.41. The van der Waals surface area contributed by atoms with Crippen molar-refractivity contribution in [3.63, 3.8) is 0 Å². The number of amides is 1. The Morgan fingerprint density at radius 3 is 2.94 bits per heavy atom. The van der Waals surface area contributed by atoms with Gasteiger partial charge in [-0.1, -0.05) is 0 Å². The Bertz CT molecular complexity index is 386. The molecule has 3 nitrogen and oxygen atoms in total. The van der Waals surface area contributed by atoms with Crippen LogP contribution < -0.4 is 10.6 Å². The van der Waals surface area contributed by atoms with Crippen molar-refractivity contribution < 1.29 is 13.6 Å². The number of carbonyl (C=O) groups is 1. The minimum Gasteiger partial charge on any atom is -0.354 e. The van der Waals surface area contributed by atoms with Crippen LogP contribution in [0.25, 0.3) is 0 Å². The van der Waals surface area contributed by atoms with Crippen LogP contribution in [0.4, 0.5) is 8.78 Å². The van der Waals surface area contributed by atoms with Gasteiger partial charge in [-0.25, -0.2) is 8.78 Å². The summed E-state index contributed by atoms with van der Waals surface area (Å²) in [5.41, 5.74) is 1.15.